The van der Waals surface area contributed by atoms with Crippen LogP contribution >= 0.6 is 23.5 Å². The van der Waals surface area contributed by atoms with Crippen molar-refractivity contribution in [1.29, 1.82) is 0 Å². The Morgan fingerprint density at radius 3 is 1.14 bits per heavy atom. The molecular weight excluding hydrogens is 893 g/mol. The minimum Gasteiger partial charge on any atom is -0.394 e. The first kappa shape index (κ1) is 51.3. The van der Waals surface area contributed by atoms with Crippen molar-refractivity contribution in [3.63, 3.8) is 0 Å². The summed E-state index contributed by atoms with van der Waals surface area (Å²) in [5, 5.41) is 177. The van der Waals surface area contributed by atoms with Crippen LogP contribution in [0, 0.1) is 0 Å². The number of aliphatic hydroxyl groups excluding tert-OH is 12. The standard InChI is InChI=1S/C40H60N2O20S2/c43-13-23-27(47)29(49)31(51)33(61-23)37(55)17-59-25(15-45)39(57,35(37)53)63-21-7-3-19(4-8-21)41-11-1-2-12-42-20-5-9-22(10-6-20)64-40(58)26(16-46)60-18-38(56,36(40)54)34-32(52)30(50)28(48)24(14-44)62-34/h3-10,23-36,41-58H,1-2,11-18H2/t23-,24-,25-,26-,27-,28-,29+,30+,31-,32-,33-,34-,35-,36-,37-,38-,39-,40-/m1/s1. The van der Waals surface area contributed by atoms with Crippen molar-refractivity contribution < 1.29 is 101 Å². The molecule has 4 aliphatic heterocycles. The molecule has 22 nitrogen and oxygen atoms in total. The van der Waals surface area contributed by atoms with E-state index >= 15 is 0 Å². The Morgan fingerprint density at radius 1 is 0.484 bits per heavy atom. The summed E-state index contributed by atoms with van der Waals surface area (Å²) in [5.74, 6) is 0. The quantitative estimate of drug-likeness (QED) is 0.0519. The number of rotatable bonds is 17. The minimum atomic E-state index is -2.55. The van der Waals surface area contributed by atoms with E-state index in [0.29, 0.717) is 46.4 Å². The Kier molecular flexibility index (Phi) is 16.9. The fraction of sp³-hybridized carbons (Fsp3) is 0.700. The lowest BCUT2D eigenvalue weighted by Crippen LogP contribution is -2.76. The molecule has 0 radical (unpaired) electrons. The minimum absolute atomic E-state index is 0.404. The lowest BCUT2D eigenvalue weighted by atomic mass is 9.77. The highest BCUT2D eigenvalue weighted by molar-refractivity contribution is 8.00. The molecule has 362 valence electrons. The predicted octanol–water partition coefficient (Wildman–Crippen LogP) is -5.80. The molecule has 18 atom stereocenters. The molecule has 4 saturated heterocycles. The van der Waals surface area contributed by atoms with Crippen molar-refractivity contribution in [3.05, 3.63) is 48.5 Å². The number of hydrogen-bond acceptors (Lipinski definition) is 24. The fourth-order valence-corrected chi connectivity index (χ4v) is 10.9. The van der Waals surface area contributed by atoms with E-state index < -0.39 is 146 Å². The van der Waals surface area contributed by atoms with E-state index in [1.807, 2.05) is 0 Å². The van der Waals surface area contributed by atoms with Gasteiger partial charge in [-0.25, -0.2) is 0 Å². The second kappa shape index (κ2) is 21.1. The van der Waals surface area contributed by atoms with Crippen LogP contribution in [0.4, 0.5) is 11.4 Å². The first-order valence-electron chi connectivity index (χ1n) is 20.7. The third-order valence-electron chi connectivity index (χ3n) is 12.3. The lowest BCUT2D eigenvalue weighted by molar-refractivity contribution is -0.328. The number of hydrogen-bond donors (Lipinski definition) is 18. The molecule has 24 heteroatoms. The molecule has 0 amide bonds. The van der Waals surface area contributed by atoms with E-state index in [-0.39, 0.29) is 0 Å². The third-order valence-corrected chi connectivity index (χ3v) is 15.0. The maximum atomic E-state index is 11.7. The molecule has 4 heterocycles. The Hall–Kier alpha value is -2.06. The van der Waals surface area contributed by atoms with Crippen LogP contribution in [-0.2, 0) is 18.9 Å². The third kappa shape index (κ3) is 9.91. The van der Waals surface area contributed by atoms with Crippen LogP contribution in [0.25, 0.3) is 0 Å². The molecule has 0 unspecified atom stereocenters. The monoisotopic (exact) mass is 952 g/mol. The smallest absolute Gasteiger partial charge is 0.172 e. The number of thioether (sulfide) groups is 2. The van der Waals surface area contributed by atoms with E-state index in [0.717, 1.165) is 24.2 Å². The van der Waals surface area contributed by atoms with Gasteiger partial charge in [0.2, 0.25) is 0 Å². The molecule has 64 heavy (non-hydrogen) atoms. The normalized spacial score (nSPS) is 42.9. The summed E-state index contributed by atoms with van der Waals surface area (Å²) in [6.07, 6.45) is -23.1. The van der Waals surface area contributed by atoms with Crippen LogP contribution in [-0.4, -0.2) is 241 Å². The number of ether oxygens (including phenoxy) is 4. The lowest BCUT2D eigenvalue weighted by Gasteiger charge is -2.55. The zero-order valence-electron chi connectivity index (χ0n) is 34.4. The molecule has 0 saturated carbocycles. The maximum absolute atomic E-state index is 11.7. The van der Waals surface area contributed by atoms with Crippen molar-refractivity contribution in [2.45, 2.75) is 129 Å². The Bertz CT molecular complexity index is 1670. The van der Waals surface area contributed by atoms with E-state index in [2.05, 4.69) is 10.6 Å². The van der Waals surface area contributed by atoms with Gasteiger partial charge in [-0.15, -0.1) is 0 Å². The maximum Gasteiger partial charge on any atom is 0.172 e. The summed E-state index contributed by atoms with van der Waals surface area (Å²) in [5.41, 5.74) is -3.66. The van der Waals surface area contributed by atoms with Gasteiger partial charge in [-0.3, -0.25) is 0 Å². The zero-order chi connectivity index (χ0) is 46.8. The summed E-state index contributed by atoms with van der Waals surface area (Å²) >= 11 is 1.36. The van der Waals surface area contributed by atoms with Gasteiger partial charge in [-0.1, -0.05) is 23.5 Å². The molecule has 0 spiro atoms. The average Bonchev–Trinajstić information content (AvgIpc) is 3.28. The topological polar surface area (TPSA) is 385 Å². The van der Waals surface area contributed by atoms with Gasteiger partial charge in [0.25, 0.3) is 0 Å². The van der Waals surface area contributed by atoms with E-state index in [1.54, 1.807) is 48.5 Å². The Balaban J connectivity index is 0.979. The summed E-state index contributed by atoms with van der Waals surface area (Å²) in [7, 11) is 0. The van der Waals surface area contributed by atoms with Gasteiger partial charge in [0.05, 0.1) is 39.6 Å². The van der Waals surface area contributed by atoms with Gasteiger partial charge in [0, 0.05) is 34.3 Å². The Morgan fingerprint density at radius 2 is 0.828 bits per heavy atom. The van der Waals surface area contributed by atoms with Gasteiger partial charge < -0.3 is 111 Å². The predicted molar refractivity (Wildman–Crippen MR) is 224 cm³/mol. The number of anilines is 2. The van der Waals surface area contributed by atoms with Gasteiger partial charge in [0.1, 0.15) is 96.7 Å². The molecule has 2 aromatic carbocycles. The molecule has 0 aromatic heterocycles. The largest absolute Gasteiger partial charge is 0.394 e. The van der Waals surface area contributed by atoms with Gasteiger partial charge in [-0.05, 0) is 61.4 Å². The molecule has 4 fully saturated rings. The van der Waals surface area contributed by atoms with Crippen molar-refractivity contribution in [2.75, 3.05) is 63.4 Å². The summed E-state index contributed by atoms with van der Waals surface area (Å²) in [6.45, 7) is -3.41. The van der Waals surface area contributed by atoms with Crippen LogP contribution < -0.4 is 10.6 Å². The molecule has 2 aromatic rings. The average molecular weight is 953 g/mol. The first-order valence-corrected chi connectivity index (χ1v) is 22.3. The molecule has 0 bridgehead atoms. The van der Waals surface area contributed by atoms with Crippen LogP contribution in [0.2, 0.25) is 0 Å². The van der Waals surface area contributed by atoms with Crippen LogP contribution in [0.15, 0.2) is 58.3 Å². The number of aliphatic hydroxyl groups is 16. The number of nitrogens with one attached hydrogen (secondary N) is 2. The summed E-state index contributed by atoms with van der Waals surface area (Å²) in [4.78, 5) is -3.99. The second-order valence-corrected chi connectivity index (χ2v) is 19.2. The highest BCUT2D eigenvalue weighted by Crippen LogP contribution is 2.49. The summed E-state index contributed by atoms with van der Waals surface area (Å²) in [6, 6.07) is 13.4. The van der Waals surface area contributed by atoms with Crippen molar-refractivity contribution in [3.8, 4) is 0 Å². The molecule has 4 aliphatic rings. The van der Waals surface area contributed by atoms with E-state index in [4.69, 9.17) is 18.9 Å². The van der Waals surface area contributed by atoms with E-state index in [1.165, 1.54) is 0 Å². The SMILES string of the molecule is OC[C@H]1O[C@@H]([C@]2(O)CO[C@H](CO)[C@@](O)(Sc3ccc(NCCCCNc4ccc(S[C@@]5(O)[C@H](O)[C@](O)([C@@H]6O[C@H](CO)[C@@H](O)[C@H](O)[C@H]6O)CO[C@@H]5CO)cc4)cc3)[C@@H]2O)[C@H](O)[C@@H](O)[C@@H]1O. The molecule has 0 aliphatic carbocycles. The van der Waals surface area contributed by atoms with Gasteiger partial charge in [-0.2, -0.15) is 0 Å². The first-order chi connectivity index (χ1) is 30.3. The van der Waals surface area contributed by atoms with Crippen molar-refractivity contribution >= 4 is 34.9 Å². The van der Waals surface area contributed by atoms with E-state index in [9.17, 15) is 81.7 Å². The van der Waals surface area contributed by atoms with Crippen molar-refractivity contribution in [1.82, 2.24) is 0 Å². The van der Waals surface area contributed by atoms with Gasteiger partial charge >= 0.3 is 0 Å². The highest BCUT2D eigenvalue weighted by atomic mass is 32.2. The Labute approximate surface area is 375 Å². The van der Waals surface area contributed by atoms with Gasteiger partial charge in [0.15, 0.2) is 9.87 Å². The summed E-state index contributed by atoms with van der Waals surface area (Å²) < 4.78 is 22.0. The molecule has 6 rings (SSSR count). The number of unbranched alkanes of at least 4 members (excludes halogenated alkanes) is 1. The number of benzene rings is 2. The van der Waals surface area contributed by atoms with Crippen LogP contribution in [0.5, 0.6) is 0 Å². The molecule has 18 N–H and O–H groups in total. The van der Waals surface area contributed by atoms with Crippen LogP contribution in [0.1, 0.15) is 12.8 Å². The van der Waals surface area contributed by atoms with Crippen molar-refractivity contribution in [2.24, 2.45) is 0 Å². The fourth-order valence-electron chi connectivity index (χ4n) is 8.42. The molecular formula is C40H60N2O20S2. The zero-order valence-corrected chi connectivity index (χ0v) is 36.0. The second-order valence-electron chi connectivity index (χ2n) is 16.6. The van der Waals surface area contributed by atoms with Crippen LogP contribution in [0.3, 0.4) is 0 Å². The highest BCUT2D eigenvalue weighted by Gasteiger charge is 2.67.